The average molecular weight is 234 g/mol. The fourth-order valence-corrected chi connectivity index (χ4v) is 1.90. The van der Waals surface area contributed by atoms with Gasteiger partial charge in [-0.15, -0.1) is 0 Å². The number of amides is 1. The van der Waals surface area contributed by atoms with Crippen LogP contribution in [0, 0.1) is 0 Å². The number of anilines is 1. The first-order valence-corrected chi connectivity index (χ1v) is 5.53. The third-order valence-electron chi connectivity index (χ3n) is 2.71. The number of carbonyl (C=O) groups is 2. The maximum absolute atomic E-state index is 11.7. The molecule has 0 fully saturated rings. The second-order valence-electron chi connectivity index (χ2n) is 3.96. The number of carbonyl (C=O) groups excluding carboxylic acids is 1. The first-order valence-electron chi connectivity index (χ1n) is 5.53. The molecule has 3 N–H and O–H groups in total. The number of carboxylic acids is 1. The van der Waals surface area contributed by atoms with Crippen molar-refractivity contribution in [3.8, 4) is 0 Å². The SMILES string of the molecule is O=C(O)CCCNC1C(=O)Nc2ccccc21. The highest BCUT2D eigenvalue weighted by atomic mass is 16.4. The molecule has 1 aliphatic heterocycles. The fraction of sp³-hybridized carbons (Fsp3) is 0.333. The van der Waals surface area contributed by atoms with Crippen molar-refractivity contribution in [1.82, 2.24) is 5.32 Å². The summed E-state index contributed by atoms with van der Waals surface area (Å²) < 4.78 is 0. The number of fused-ring (bicyclic) bond motifs is 1. The van der Waals surface area contributed by atoms with Crippen molar-refractivity contribution >= 4 is 17.6 Å². The summed E-state index contributed by atoms with van der Waals surface area (Å²) in [5, 5.41) is 14.4. The Morgan fingerprint density at radius 2 is 2.18 bits per heavy atom. The lowest BCUT2D eigenvalue weighted by atomic mass is 10.1. The molecule has 0 saturated carbocycles. The van der Waals surface area contributed by atoms with E-state index in [1.54, 1.807) is 0 Å². The van der Waals surface area contributed by atoms with Crippen LogP contribution in [0.3, 0.4) is 0 Å². The third kappa shape index (κ3) is 2.62. The van der Waals surface area contributed by atoms with Gasteiger partial charge in [-0.1, -0.05) is 18.2 Å². The molecule has 1 heterocycles. The van der Waals surface area contributed by atoms with E-state index < -0.39 is 5.97 Å². The molecule has 1 aromatic rings. The molecule has 1 aliphatic rings. The standard InChI is InChI=1S/C12H14N2O3/c15-10(16)6-3-7-13-11-8-4-1-2-5-9(8)14-12(11)17/h1-2,4-5,11,13H,3,6-7H2,(H,14,17)(H,15,16). The Morgan fingerprint density at radius 1 is 1.41 bits per heavy atom. The van der Waals surface area contributed by atoms with Crippen molar-refractivity contribution in [2.24, 2.45) is 0 Å². The van der Waals surface area contributed by atoms with Crippen molar-refractivity contribution in [3.05, 3.63) is 29.8 Å². The predicted molar refractivity (Wildman–Crippen MR) is 62.7 cm³/mol. The third-order valence-corrected chi connectivity index (χ3v) is 2.71. The molecule has 0 bridgehead atoms. The molecule has 90 valence electrons. The van der Waals surface area contributed by atoms with Crippen molar-refractivity contribution in [2.45, 2.75) is 18.9 Å². The molecule has 0 aromatic heterocycles. The Balaban J connectivity index is 1.93. The Labute approximate surface area is 98.8 Å². The van der Waals surface area contributed by atoms with Gasteiger partial charge in [-0.25, -0.2) is 0 Å². The zero-order valence-corrected chi connectivity index (χ0v) is 9.27. The van der Waals surface area contributed by atoms with E-state index in [4.69, 9.17) is 5.11 Å². The molecule has 17 heavy (non-hydrogen) atoms. The number of aliphatic carboxylic acids is 1. The highest BCUT2D eigenvalue weighted by molar-refractivity contribution is 6.02. The van der Waals surface area contributed by atoms with Gasteiger partial charge in [0.05, 0.1) is 0 Å². The number of carboxylic acid groups (broad SMARTS) is 1. The minimum Gasteiger partial charge on any atom is -0.481 e. The maximum atomic E-state index is 11.7. The van der Waals surface area contributed by atoms with E-state index in [2.05, 4.69) is 10.6 Å². The van der Waals surface area contributed by atoms with Crippen LogP contribution in [0.1, 0.15) is 24.4 Å². The second kappa shape index (κ2) is 4.97. The van der Waals surface area contributed by atoms with E-state index >= 15 is 0 Å². The summed E-state index contributed by atoms with van der Waals surface area (Å²) in [4.78, 5) is 22.0. The minimum atomic E-state index is -0.817. The average Bonchev–Trinajstić information content (AvgIpc) is 2.60. The highest BCUT2D eigenvalue weighted by Crippen LogP contribution is 2.29. The van der Waals surface area contributed by atoms with E-state index in [9.17, 15) is 9.59 Å². The summed E-state index contributed by atoms with van der Waals surface area (Å²) in [7, 11) is 0. The van der Waals surface area contributed by atoms with Gasteiger partial charge >= 0.3 is 5.97 Å². The Bertz CT molecular complexity index is 445. The summed E-state index contributed by atoms with van der Waals surface area (Å²) in [6.07, 6.45) is 0.629. The topological polar surface area (TPSA) is 78.4 Å². The highest BCUT2D eigenvalue weighted by Gasteiger charge is 2.29. The molecule has 2 rings (SSSR count). The Kier molecular flexibility index (Phi) is 3.39. The summed E-state index contributed by atoms with van der Waals surface area (Å²) in [5.41, 5.74) is 1.75. The van der Waals surface area contributed by atoms with E-state index in [-0.39, 0.29) is 18.4 Å². The van der Waals surface area contributed by atoms with Gasteiger partial charge in [0.1, 0.15) is 6.04 Å². The Hall–Kier alpha value is -1.88. The zero-order chi connectivity index (χ0) is 12.3. The van der Waals surface area contributed by atoms with Gasteiger partial charge in [-0.2, -0.15) is 0 Å². The smallest absolute Gasteiger partial charge is 0.303 e. The molecule has 0 spiro atoms. The molecule has 1 amide bonds. The maximum Gasteiger partial charge on any atom is 0.303 e. The lowest BCUT2D eigenvalue weighted by Crippen LogP contribution is -2.28. The van der Waals surface area contributed by atoms with Crippen molar-refractivity contribution in [1.29, 1.82) is 0 Å². The van der Waals surface area contributed by atoms with Crippen LogP contribution in [-0.4, -0.2) is 23.5 Å². The fourth-order valence-electron chi connectivity index (χ4n) is 1.90. The number of hydrogen-bond donors (Lipinski definition) is 3. The van der Waals surface area contributed by atoms with Gasteiger partial charge in [-0.3, -0.25) is 9.59 Å². The molecule has 5 heteroatoms. The first kappa shape index (κ1) is 11.6. The van der Waals surface area contributed by atoms with Crippen LogP contribution in [0.4, 0.5) is 5.69 Å². The van der Waals surface area contributed by atoms with Gasteiger partial charge in [-0.05, 0) is 19.0 Å². The van der Waals surface area contributed by atoms with E-state index in [0.29, 0.717) is 13.0 Å². The number of para-hydroxylation sites is 1. The molecule has 1 aromatic carbocycles. The zero-order valence-electron chi connectivity index (χ0n) is 9.27. The van der Waals surface area contributed by atoms with E-state index in [1.807, 2.05) is 24.3 Å². The molecule has 0 aliphatic carbocycles. The largest absolute Gasteiger partial charge is 0.481 e. The normalized spacial score (nSPS) is 17.6. The van der Waals surface area contributed by atoms with Crippen molar-refractivity contribution in [3.63, 3.8) is 0 Å². The van der Waals surface area contributed by atoms with Crippen molar-refractivity contribution in [2.75, 3.05) is 11.9 Å². The van der Waals surface area contributed by atoms with Gasteiger partial charge in [0.25, 0.3) is 0 Å². The van der Waals surface area contributed by atoms with Crippen LogP contribution in [0.5, 0.6) is 0 Å². The van der Waals surface area contributed by atoms with Gasteiger partial charge in [0.2, 0.25) is 5.91 Å². The van der Waals surface area contributed by atoms with Crippen LogP contribution in [0.2, 0.25) is 0 Å². The predicted octanol–water partition coefficient (Wildman–Crippen LogP) is 1.13. The molecule has 0 saturated heterocycles. The second-order valence-corrected chi connectivity index (χ2v) is 3.96. The van der Waals surface area contributed by atoms with Gasteiger partial charge < -0.3 is 15.7 Å². The summed E-state index contributed by atoms with van der Waals surface area (Å²) in [6.45, 7) is 0.513. The van der Waals surface area contributed by atoms with Crippen LogP contribution in [0.15, 0.2) is 24.3 Å². The summed E-state index contributed by atoms with van der Waals surface area (Å²) >= 11 is 0. The van der Waals surface area contributed by atoms with Crippen LogP contribution >= 0.6 is 0 Å². The van der Waals surface area contributed by atoms with Gasteiger partial charge in [0, 0.05) is 17.7 Å². The van der Waals surface area contributed by atoms with Crippen molar-refractivity contribution < 1.29 is 14.7 Å². The van der Waals surface area contributed by atoms with Crippen LogP contribution < -0.4 is 10.6 Å². The van der Waals surface area contributed by atoms with E-state index in [1.165, 1.54) is 0 Å². The molecule has 0 radical (unpaired) electrons. The molecule has 5 nitrogen and oxygen atoms in total. The molecular weight excluding hydrogens is 220 g/mol. The number of rotatable bonds is 5. The monoisotopic (exact) mass is 234 g/mol. The molecule has 1 atom stereocenters. The summed E-state index contributed by atoms with van der Waals surface area (Å²) in [5.74, 6) is -0.899. The number of nitrogens with one attached hydrogen (secondary N) is 2. The molecule has 1 unspecified atom stereocenters. The number of benzene rings is 1. The quantitative estimate of drug-likeness (QED) is 0.667. The lowest BCUT2D eigenvalue weighted by molar-refractivity contribution is -0.137. The first-order chi connectivity index (χ1) is 8.18. The lowest BCUT2D eigenvalue weighted by Gasteiger charge is -2.10. The Morgan fingerprint density at radius 3 is 2.94 bits per heavy atom. The van der Waals surface area contributed by atoms with Crippen LogP contribution in [0.25, 0.3) is 0 Å². The summed E-state index contributed by atoms with van der Waals surface area (Å²) in [6, 6.07) is 7.13. The minimum absolute atomic E-state index is 0.0819. The van der Waals surface area contributed by atoms with E-state index in [0.717, 1.165) is 11.3 Å². The molecular formula is C12H14N2O3. The van der Waals surface area contributed by atoms with Crippen LogP contribution in [-0.2, 0) is 9.59 Å². The number of hydrogen-bond acceptors (Lipinski definition) is 3. The van der Waals surface area contributed by atoms with Gasteiger partial charge in [0.15, 0.2) is 0 Å².